The van der Waals surface area contributed by atoms with Crippen LogP contribution in [0.25, 0.3) is 5.57 Å². The number of benzene rings is 1. The molecule has 0 saturated carbocycles. The standard InChI is InChI=1S/C11H13Cl/c1-10(6-5-9-12)11-7-3-2-4-8-11/h2-4,6-8H,5,9H2,1H3. The summed E-state index contributed by atoms with van der Waals surface area (Å²) in [5.74, 6) is 0.699. The van der Waals surface area contributed by atoms with E-state index in [-0.39, 0.29) is 0 Å². The van der Waals surface area contributed by atoms with Crippen molar-refractivity contribution in [1.29, 1.82) is 0 Å². The fraction of sp³-hybridized carbons (Fsp3) is 0.273. The fourth-order valence-corrected chi connectivity index (χ4v) is 1.20. The second-order valence-corrected chi connectivity index (χ2v) is 3.11. The Morgan fingerprint density at radius 2 is 2.00 bits per heavy atom. The van der Waals surface area contributed by atoms with Crippen LogP contribution in [0, 0.1) is 0 Å². The van der Waals surface area contributed by atoms with Gasteiger partial charge in [0, 0.05) is 5.88 Å². The van der Waals surface area contributed by atoms with Crippen LogP contribution in [0.4, 0.5) is 0 Å². The first kappa shape index (κ1) is 9.34. The van der Waals surface area contributed by atoms with Gasteiger partial charge in [-0.15, -0.1) is 11.6 Å². The summed E-state index contributed by atoms with van der Waals surface area (Å²) in [5.41, 5.74) is 2.58. The Bertz CT molecular complexity index is 249. The van der Waals surface area contributed by atoms with Gasteiger partial charge in [-0.05, 0) is 24.5 Å². The Morgan fingerprint density at radius 3 is 2.58 bits per heavy atom. The molecule has 1 rings (SSSR count). The van der Waals surface area contributed by atoms with Crippen LogP contribution in [0.15, 0.2) is 36.4 Å². The molecule has 0 radical (unpaired) electrons. The predicted octanol–water partition coefficient (Wildman–Crippen LogP) is 3.72. The molecule has 0 heterocycles. The molecule has 1 aromatic carbocycles. The lowest BCUT2D eigenvalue weighted by Crippen LogP contribution is -1.78. The normalized spacial score (nSPS) is 11.7. The van der Waals surface area contributed by atoms with Crippen LogP contribution < -0.4 is 0 Å². The lowest BCUT2D eigenvalue weighted by molar-refractivity contribution is 1.23. The highest BCUT2D eigenvalue weighted by Crippen LogP contribution is 2.13. The molecule has 0 aliphatic carbocycles. The molecule has 0 aromatic heterocycles. The van der Waals surface area contributed by atoms with Crippen molar-refractivity contribution in [3.63, 3.8) is 0 Å². The first-order chi connectivity index (χ1) is 5.84. The number of hydrogen-bond acceptors (Lipinski definition) is 0. The Labute approximate surface area is 78.9 Å². The highest BCUT2D eigenvalue weighted by molar-refractivity contribution is 6.17. The zero-order chi connectivity index (χ0) is 8.81. The topological polar surface area (TPSA) is 0 Å². The number of hydrogen-bond donors (Lipinski definition) is 0. The van der Waals surface area contributed by atoms with Crippen LogP contribution in [0.3, 0.4) is 0 Å². The van der Waals surface area contributed by atoms with Crippen molar-refractivity contribution in [2.24, 2.45) is 0 Å². The van der Waals surface area contributed by atoms with Crippen molar-refractivity contribution in [2.45, 2.75) is 13.3 Å². The fourth-order valence-electron chi connectivity index (χ4n) is 1.09. The molecule has 0 saturated heterocycles. The molecule has 0 nitrogen and oxygen atoms in total. The third-order valence-corrected chi connectivity index (χ3v) is 2.01. The summed E-state index contributed by atoms with van der Waals surface area (Å²) in [6.07, 6.45) is 3.12. The third-order valence-electron chi connectivity index (χ3n) is 1.79. The molecule has 0 aliphatic heterocycles. The Hall–Kier alpha value is -0.750. The smallest absolute Gasteiger partial charge is 0.0258 e. The van der Waals surface area contributed by atoms with E-state index in [1.54, 1.807) is 0 Å². The largest absolute Gasteiger partial charge is 0.126 e. The van der Waals surface area contributed by atoms with Crippen molar-refractivity contribution < 1.29 is 0 Å². The van der Waals surface area contributed by atoms with Crippen LogP contribution in [-0.4, -0.2) is 5.88 Å². The molecule has 1 heteroatoms. The van der Waals surface area contributed by atoms with Gasteiger partial charge in [-0.3, -0.25) is 0 Å². The summed E-state index contributed by atoms with van der Waals surface area (Å²) >= 11 is 5.59. The molecule has 0 amide bonds. The van der Waals surface area contributed by atoms with E-state index in [0.717, 1.165) is 6.42 Å². The van der Waals surface area contributed by atoms with E-state index in [2.05, 4.69) is 25.1 Å². The quantitative estimate of drug-likeness (QED) is 0.622. The van der Waals surface area contributed by atoms with Gasteiger partial charge in [0.25, 0.3) is 0 Å². The second-order valence-electron chi connectivity index (χ2n) is 2.73. The first-order valence-corrected chi connectivity index (χ1v) is 4.66. The Kier molecular flexibility index (Phi) is 3.89. The second kappa shape index (κ2) is 5.00. The third kappa shape index (κ3) is 2.71. The minimum atomic E-state index is 0.699. The molecule has 64 valence electrons. The summed E-state index contributed by atoms with van der Waals surface area (Å²) in [4.78, 5) is 0. The zero-order valence-electron chi connectivity index (χ0n) is 7.26. The monoisotopic (exact) mass is 180 g/mol. The summed E-state index contributed by atoms with van der Waals surface area (Å²) in [6.45, 7) is 2.11. The van der Waals surface area contributed by atoms with Crippen molar-refractivity contribution >= 4 is 17.2 Å². The summed E-state index contributed by atoms with van der Waals surface area (Å²) in [5, 5.41) is 0. The molecule has 0 atom stereocenters. The number of rotatable bonds is 3. The average Bonchev–Trinajstić information content (AvgIpc) is 2.15. The summed E-state index contributed by atoms with van der Waals surface area (Å²) in [7, 11) is 0. The molecule has 0 unspecified atom stereocenters. The Morgan fingerprint density at radius 1 is 1.33 bits per heavy atom. The van der Waals surface area contributed by atoms with Gasteiger partial charge in [0.1, 0.15) is 0 Å². The van der Waals surface area contributed by atoms with Gasteiger partial charge in [-0.1, -0.05) is 36.4 Å². The molecule has 0 bridgehead atoms. The van der Waals surface area contributed by atoms with E-state index in [9.17, 15) is 0 Å². The highest BCUT2D eigenvalue weighted by atomic mass is 35.5. The average molecular weight is 181 g/mol. The van der Waals surface area contributed by atoms with Gasteiger partial charge >= 0.3 is 0 Å². The van der Waals surface area contributed by atoms with Gasteiger partial charge in [-0.2, -0.15) is 0 Å². The molecule has 0 N–H and O–H groups in total. The molecule has 0 aliphatic rings. The van der Waals surface area contributed by atoms with E-state index in [0.29, 0.717) is 5.88 Å². The van der Waals surface area contributed by atoms with Crippen LogP contribution in [0.1, 0.15) is 18.9 Å². The summed E-state index contributed by atoms with van der Waals surface area (Å²) in [6, 6.07) is 10.3. The molecule has 0 fully saturated rings. The van der Waals surface area contributed by atoms with Crippen molar-refractivity contribution in [3.8, 4) is 0 Å². The Balaban J connectivity index is 2.71. The summed E-state index contributed by atoms with van der Waals surface area (Å²) < 4.78 is 0. The van der Waals surface area contributed by atoms with E-state index in [4.69, 9.17) is 11.6 Å². The maximum Gasteiger partial charge on any atom is 0.0258 e. The number of allylic oxidation sites excluding steroid dienone is 2. The van der Waals surface area contributed by atoms with Crippen LogP contribution >= 0.6 is 11.6 Å². The number of alkyl halides is 1. The predicted molar refractivity (Wildman–Crippen MR) is 55.4 cm³/mol. The highest BCUT2D eigenvalue weighted by Gasteiger charge is 1.91. The van der Waals surface area contributed by atoms with Gasteiger partial charge < -0.3 is 0 Å². The van der Waals surface area contributed by atoms with Crippen molar-refractivity contribution in [3.05, 3.63) is 42.0 Å². The lowest BCUT2D eigenvalue weighted by Gasteiger charge is -1.99. The van der Waals surface area contributed by atoms with Gasteiger partial charge in [-0.25, -0.2) is 0 Å². The maximum absolute atomic E-state index is 5.59. The molecular formula is C11H13Cl. The SMILES string of the molecule is CC(=CCCCl)c1ccccc1. The van der Waals surface area contributed by atoms with Gasteiger partial charge in [0.05, 0.1) is 0 Å². The molecule has 1 aromatic rings. The van der Waals surface area contributed by atoms with E-state index >= 15 is 0 Å². The number of halogens is 1. The van der Waals surface area contributed by atoms with Gasteiger partial charge in [0.15, 0.2) is 0 Å². The molecule has 0 spiro atoms. The minimum absolute atomic E-state index is 0.699. The van der Waals surface area contributed by atoms with Crippen LogP contribution in [-0.2, 0) is 0 Å². The van der Waals surface area contributed by atoms with E-state index < -0.39 is 0 Å². The molecule has 12 heavy (non-hydrogen) atoms. The van der Waals surface area contributed by atoms with Crippen molar-refractivity contribution in [1.82, 2.24) is 0 Å². The van der Waals surface area contributed by atoms with Crippen molar-refractivity contribution in [2.75, 3.05) is 5.88 Å². The minimum Gasteiger partial charge on any atom is -0.126 e. The maximum atomic E-state index is 5.59. The van der Waals surface area contributed by atoms with Crippen LogP contribution in [0.5, 0.6) is 0 Å². The zero-order valence-corrected chi connectivity index (χ0v) is 8.01. The van der Waals surface area contributed by atoms with Gasteiger partial charge in [0.2, 0.25) is 0 Å². The molecular weight excluding hydrogens is 168 g/mol. The first-order valence-electron chi connectivity index (χ1n) is 4.12. The van der Waals surface area contributed by atoms with E-state index in [1.807, 2.05) is 18.2 Å². The lowest BCUT2D eigenvalue weighted by atomic mass is 10.1. The van der Waals surface area contributed by atoms with Crippen LogP contribution in [0.2, 0.25) is 0 Å². The van der Waals surface area contributed by atoms with E-state index in [1.165, 1.54) is 11.1 Å².